The van der Waals surface area contributed by atoms with Crippen LogP contribution >= 0.6 is 23.4 Å². The molecule has 3 rings (SSSR count). The molecule has 0 bridgehead atoms. The van der Waals surface area contributed by atoms with Crippen molar-refractivity contribution in [2.75, 3.05) is 5.73 Å². The van der Waals surface area contributed by atoms with E-state index in [0.29, 0.717) is 28.2 Å². The van der Waals surface area contributed by atoms with Gasteiger partial charge in [0.2, 0.25) is 5.89 Å². The van der Waals surface area contributed by atoms with Crippen LogP contribution in [0.2, 0.25) is 5.02 Å². The molecule has 0 saturated heterocycles. The summed E-state index contributed by atoms with van der Waals surface area (Å²) in [7, 11) is 0. The van der Waals surface area contributed by atoms with E-state index in [1.165, 1.54) is 0 Å². The van der Waals surface area contributed by atoms with Gasteiger partial charge >= 0.3 is 0 Å². The Morgan fingerprint density at radius 2 is 2.05 bits per heavy atom. The Balaban J connectivity index is 1.69. The Bertz CT molecular complexity index is 743. The molecule has 0 saturated carbocycles. The smallest absolute Gasteiger partial charge is 0.205 e. The normalized spacial score (nSPS) is 10.7. The molecule has 0 aliphatic heterocycles. The van der Waals surface area contributed by atoms with Gasteiger partial charge in [-0.05, 0) is 24.3 Å². The number of oxazole rings is 1. The van der Waals surface area contributed by atoms with Gasteiger partial charge in [0.25, 0.3) is 0 Å². The minimum atomic E-state index is 0.513. The summed E-state index contributed by atoms with van der Waals surface area (Å²) in [5.41, 5.74) is 6.47. The highest BCUT2D eigenvalue weighted by Gasteiger charge is 2.07. The SMILES string of the molecule is Nc1ccc(SCc2ncc(-c3cccc(Cl)c3)o2)cn1. The Labute approximate surface area is 131 Å². The summed E-state index contributed by atoms with van der Waals surface area (Å²) >= 11 is 7.57. The van der Waals surface area contributed by atoms with E-state index in [0.717, 1.165) is 10.5 Å². The molecule has 2 N–H and O–H groups in total. The van der Waals surface area contributed by atoms with E-state index in [1.807, 2.05) is 30.3 Å². The summed E-state index contributed by atoms with van der Waals surface area (Å²) in [5, 5.41) is 0.674. The largest absolute Gasteiger partial charge is 0.440 e. The molecular weight excluding hydrogens is 306 g/mol. The zero-order chi connectivity index (χ0) is 14.7. The molecule has 106 valence electrons. The average molecular weight is 318 g/mol. The van der Waals surface area contributed by atoms with Crippen LogP contribution in [0, 0.1) is 0 Å². The van der Waals surface area contributed by atoms with E-state index in [-0.39, 0.29) is 0 Å². The van der Waals surface area contributed by atoms with Crippen molar-refractivity contribution in [3.8, 4) is 11.3 Å². The van der Waals surface area contributed by atoms with E-state index in [2.05, 4.69) is 9.97 Å². The molecule has 0 amide bonds. The van der Waals surface area contributed by atoms with Gasteiger partial charge in [-0.2, -0.15) is 0 Å². The Hall–Kier alpha value is -1.98. The number of anilines is 1. The van der Waals surface area contributed by atoms with Crippen molar-refractivity contribution in [2.24, 2.45) is 0 Å². The molecule has 0 aliphatic carbocycles. The highest BCUT2D eigenvalue weighted by atomic mass is 35.5. The fourth-order valence-electron chi connectivity index (χ4n) is 1.77. The lowest BCUT2D eigenvalue weighted by Gasteiger charge is -1.99. The second-order valence-electron chi connectivity index (χ2n) is 4.34. The highest BCUT2D eigenvalue weighted by Crippen LogP contribution is 2.27. The molecule has 0 fully saturated rings. The van der Waals surface area contributed by atoms with Gasteiger partial charge < -0.3 is 10.2 Å². The molecule has 2 heterocycles. The van der Waals surface area contributed by atoms with Gasteiger partial charge in [-0.25, -0.2) is 9.97 Å². The summed E-state index contributed by atoms with van der Waals surface area (Å²) in [6.45, 7) is 0. The average Bonchev–Trinajstić information content (AvgIpc) is 2.96. The molecular formula is C15H12ClN3OS. The van der Waals surface area contributed by atoms with E-state index in [9.17, 15) is 0 Å². The lowest BCUT2D eigenvalue weighted by Crippen LogP contribution is -1.88. The lowest BCUT2D eigenvalue weighted by molar-refractivity contribution is 0.530. The number of rotatable bonds is 4. The summed E-state index contributed by atoms with van der Waals surface area (Å²) in [6.07, 6.45) is 3.45. The molecule has 0 atom stereocenters. The lowest BCUT2D eigenvalue weighted by atomic mass is 10.2. The second-order valence-corrected chi connectivity index (χ2v) is 5.82. The summed E-state index contributed by atoms with van der Waals surface area (Å²) in [5.74, 6) is 2.51. The Morgan fingerprint density at radius 3 is 2.81 bits per heavy atom. The minimum absolute atomic E-state index is 0.513. The maximum Gasteiger partial charge on any atom is 0.205 e. The molecule has 6 heteroatoms. The van der Waals surface area contributed by atoms with Crippen molar-refractivity contribution in [1.29, 1.82) is 0 Å². The van der Waals surface area contributed by atoms with Crippen LogP contribution in [0.5, 0.6) is 0 Å². The molecule has 4 nitrogen and oxygen atoms in total. The standard InChI is InChI=1S/C15H12ClN3OS/c16-11-3-1-2-10(6-11)13-8-19-15(20-13)9-21-12-4-5-14(17)18-7-12/h1-8H,9H2,(H2,17,18). The van der Waals surface area contributed by atoms with Crippen LogP contribution in [-0.4, -0.2) is 9.97 Å². The Kier molecular flexibility index (Phi) is 4.13. The van der Waals surface area contributed by atoms with Crippen LogP contribution in [-0.2, 0) is 5.75 Å². The van der Waals surface area contributed by atoms with Crippen LogP contribution in [0.3, 0.4) is 0 Å². The zero-order valence-electron chi connectivity index (χ0n) is 11.0. The highest BCUT2D eigenvalue weighted by molar-refractivity contribution is 7.98. The topological polar surface area (TPSA) is 64.9 Å². The number of nitrogen functional groups attached to an aromatic ring is 1. The van der Waals surface area contributed by atoms with Gasteiger partial charge in [0.15, 0.2) is 5.76 Å². The van der Waals surface area contributed by atoms with E-state index in [4.69, 9.17) is 21.8 Å². The first-order valence-electron chi connectivity index (χ1n) is 6.26. The van der Waals surface area contributed by atoms with Crippen molar-refractivity contribution in [3.63, 3.8) is 0 Å². The number of thioether (sulfide) groups is 1. The first-order valence-corrected chi connectivity index (χ1v) is 7.62. The molecule has 3 aromatic rings. The van der Waals surface area contributed by atoms with Crippen molar-refractivity contribution >= 4 is 29.2 Å². The maximum atomic E-state index is 5.97. The van der Waals surface area contributed by atoms with Crippen LogP contribution in [0.1, 0.15) is 5.89 Å². The number of aromatic nitrogens is 2. The minimum Gasteiger partial charge on any atom is -0.440 e. The first kappa shape index (κ1) is 14.0. The van der Waals surface area contributed by atoms with E-state index >= 15 is 0 Å². The third-order valence-electron chi connectivity index (χ3n) is 2.78. The van der Waals surface area contributed by atoms with Crippen molar-refractivity contribution < 1.29 is 4.42 Å². The number of nitrogens with two attached hydrogens (primary N) is 1. The predicted molar refractivity (Wildman–Crippen MR) is 85.2 cm³/mol. The maximum absolute atomic E-state index is 5.97. The third-order valence-corrected chi connectivity index (χ3v) is 3.99. The molecule has 0 spiro atoms. The monoisotopic (exact) mass is 317 g/mol. The van der Waals surface area contributed by atoms with Gasteiger partial charge in [-0.15, -0.1) is 11.8 Å². The third kappa shape index (κ3) is 3.56. The number of pyridine rings is 1. The molecule has 0 radical (unpaired) electrons. The van der Waals surface area contributed by atoms with E-state index in [1.54, 1.807) is 30.2 Å². The quantitative estimate of drug-likeness (QED) is 0.728. The molecule has 2 aromatic heterocycles. The number of hydrogen-bond acceptors (Lipinski definition) is 5. The van der Waals surface area contributed by atoms with Crippen LogP contribution < -0.4 is 5.73 Å². The van der Waals surface area contributed by atoms with Gasteiger partial charge in [0, 0.05) is 21.7 Å². The van der Waals surface area contributed by atoms with Gasteiger partial charge in [0.1, 0.15) is 5.82 Å². The molecule has 1 aromatic carbocycles. The molecule has 0 aliphatic rings. The first-order chi connectivity index (χ1) is 10.2. The second kappa shape index (κ2) is 6.20. The van der Waals surface area contributed by atoms with Crippen LogP contribution in [0.4, 0.5) is 5.82 Å². The predicted octanol–water partition coefficient (Wildman–Crippen LogP) is 4.26. The zero-order valence-corrected chi connectivity index (χ0v) is 12.6. The fraction of sp³-hybridized carbons (Fsp3) is 0.0667. The molecule has 0 unspecified atom stereocenters. The van der Waals surface area contributed by atoms with Crippen LogP contribution in [0.15, 0.2) is 58.1 Å². The number of halogens is 1. The van der Waals surface area contributed by atoms with Crippen molar-refractivity contribution in [2.45, 2.75) is 10.6 Å². The number of nitrogens with zero attached hydrogens (tertiary/aromatic N) is 2. The number of hydrogen-bond donors (Lipinski definition) is 1. The van der Waals surface area contributed by atoms with E-state index < -0.39 is 0 Å². The van der Waals surface area contributed by atoms with Gasteiger partial charge in [0.05, 0.1) is 11.9 Å². The summed E-state index contributed by atoms with van der Waals surface area (Å²) in [6, 6.07) is 11.2. The van der Waals surface area contributed by atoms with Crippen molar-refractivity contribution in [1.82, 2.24) is 9.97 Å². The molecule has 21 heavy (non-hydrogen) atoms. The van der Waals surface area contributed by atoms with Crippen LogP contribution in [0.25, 0.3) is 11.3 Å². The van der Waals surface area contributed by atoms with Gasteiger partial charge in [-0.1, -0.05) is 23.7 Å². The van der Waals surface area contributed by atoms with Gasteiger partial charge in [-0.3, -0.25) is 0 Å². The number of benzene rings is 1. The Morgan fingerprint density at radius 1 is 1.14 bits per heavy atom. The fourth-order valence-corrected chi connectivity index (χ4v) is 2.68. The van der Waals surface area contributed by atoms with Crippen molar-refractivity contribution in [3.05, 3.63) is 59.7 Å². The summed E-state index contributed by atoms with van der Waals surface area (Å²) < 4.78 is 5.73. The summed E-state index contributed by atoms with van der Waals surface area (Å²) in [4.78, 5) is 9.34.